The number of alkyl halides is 3. The molecule has 0 radical (unpaired) electrons. The lowest BCUT2D eigenvalue weighted by molar-refractivity contribution is -0.138. The lowest BCUT2D eigenvalue weighted by atomic mass is 10.1. The van der Waals surface area contributed by atoms with Crippen LogP contribution in [0.3, 0.4) is 0 Å². The molecule has 2 nitrogen and oxygen atoms in total. The highest BCUT2D eigenvalue weighted by molar-refractivity contribution is 6.29. The quantitative estimate of drug-likeness (QED) is 0.701. The van der Waals surface area contributed by atoms with Gasteiger partial charge in [0.15, 0.2) is 0 Å². The van der Waals surface area contributed by atoms with Crippen LogP contribution in [0, 0.1) is 5.82 Å². The fourth-order valence-corrected chi connectivity index (χ4v) is 1.48. The van der Waals surface area contributed by atoms with Crippen molar-refractivity contribution in [3.8, 4) is 0 Å². The molecule has 0 saturated carbocycles. The third-order valence-electron chi connectivity index (χ3n) is 1.86. The van der Waals surface area contributed by atoms with Crippen molar-refractivity contribution in [3.63, 3.8) is 0 Å². The number of imidazole rings is 1. The Hall–Kier alpha value is -1.30. The molecule has 0 aliphatic rings. The first-order valence-electron chi connectivity index (χ1n) is 3.80. The molecular formula is C8H3ClF4N2. The summed E-state index contributed by atoms with van der Waals surface area (Å²) in [6.45, 7) is 0. The average molecular weight is 239 g/mol. The van der Waals surface area contributed by atoms with Crippen LogP contribution < -0.4 is 0 Å². The second-order valence-corrected chi connectivity index (χ2v) is 3.20. The van der Waals surface area contributed by atoms with Gasteiger partial charge in [0.05, 0.1) is 5.52 Å². The van der Waals surface area contributed by atoms with Crippen molar-refractivity contribution in [2.45, 2.75) is 6.18 Å². The lowest BCUT2D eigenvalue weighted by Crippen LogP contribution is -2.08. The van der Waals surface area contributed by atoms with Gasteiger partial charge in [-0.15, -0.1) is 0 Å². The number of aromatic amines is 1. The number of hydrogen-bond donors (Lipinski definition) is 1. The Morgan fingerprint density at radius 1 is 1.27 bits per heavy atom. The van der Waals surface area contributed by atoms with Crippen LogP contribution in [0.1, 0.15) is 5.56 Å². The van der Waals surface area contributed by atoms with Gasteiger partial charge in [-0.05, 0) is 23.7 Å². The summed E-state index contributed by atoms with van der Waals surface area (Å²) >= 11 is 5.40. The summed E-state index contributed by atoms with van der Waals surface area (Å²) in [7, 11) is 0. The Morgan fingerprint density at radius 3 is 2.53 bits per heavy atom. The predicted molar refractivity (Wildman–Crippen MR) is 46.1 cm³/mol. The largest absolute Gasteiger partial charge is 0.421 e. The van der Waals surface area contributed by atoms with E-state index in [2.05, 4.69) is 9.97 Å². The van der Waals surface area contributed by atoms with Gasteiger partial charge in [0.2, 0.25) is 5.28 Å². The molecule has 0 saturated heterocycles. The highest BCUT2D eigenvalue weighted by Crippen LogP contribution is 2.36. The van der Waals surface area contributed by atoms with Crippen LogP contribution in [0.5, 0.6) is 0 Å². The summed E-state index contributed by atoms with van der Waals surface area (Å²) in [5, 5.41) is -0.207. The predicted octanol–water partition coefficient (Wildman–Crippen LogP) is 3.37. The van der Waals surface area contributed by atoms with Gasteiger partial charge < -0.3 is 4.98 Å². The Morgan fingerprint density at radius 2 is 1.93 bits per heavy atom. The zero-order valence-corrected chi connectivity index (χ0v) is 7.75. The number of rotatable bonds is 0. The first-order valence-corrected chi connectivity index (χ1v) is 4.18. The molecule has 7 heteroatoms. The molecule has 15 heavy (non-hydrogen) atoms. The minimum Gasteiger partial charge on any atom is -0.329 e. The van der Waals surface area contributed by atoms with E-state index in [1.54, 1.807) is 0 Å². The smallest absolute Gasteiger partial charge is 0.329 e. The Labute approximate surface area is 85.9 Å². The van der Waals surface area contributed by atoms with Gasteiger partial charge in [0.1, 0.15) is 16.9 Å². The summed E-state index contributed by atoms with van der Waals surface area (Å²) in [6, 6.07) is 1.87. The highest BCUT2D eigenvalue weighted by Gasteiger charge is 2.37. The minimum atomic E-state index is -4.79. The molecule has 0 fully saturated rings. The fraction of sp³-hybridized carbons (Fsp3) is 0.125. The molecule has 0 spiro atoms. The molecule has 0 unspecified atom stereocenters. The van der Waals surface area contributed by atoms with Crippen LogP contribution >= 0.6 is 11.6 Å². The fourth-order valence-electron chi connectivity index (χ4n) is 1.29. The van der Waals surface area contributed by atoms with Crippen LogP contribution in [-0.4, -0.2) is 9.97 Å². The van der Waals surface area contributed by atoms with Crippen molar-refractivity contribution >= 4 is 22.6 Å². The van der Waals surface area contributed by atoms with Gasteiger partial charge in [-0.25, -0.2) is 9.37 Å². The molecule has 2 rings (SSSR count). The zero-order chi connectivity index (χ0) is 11.2. The third kappa shape index (κ3) is 1.65. The Bertz CT molecular complexity index is 517. The molecular weight excluding hydrogens is 236 g/mol. The summed E-state index contributed by atoms with van der Waals surface area (Å²) < 4.78 is 50.4. The number of hydrogen-bond acceptors (Lipinski definition) is 1. The van der Waals surface area contributed by atoms with E-state index in [1.807, 2.05) is 0 Å². The first-order chi connectivity index (χ1) is 6.89. The van der Waals surface area contributed by atoms with Gasteiger partial charge in [0.25, 0.3) is 0 Å². The number of nitrogens with zero attached hydrogens (tertiary/aromatic N) is 1. The first kappa shape index (κ1) is 10.2. The summed E-state index contributed by atoms with van der Waals surface area (Å²) in [5.41, 5.74) is -1.86. The highest BCUT2D eigenvalue weighted by atomic mass is 35.5. The van der Waals surface area contributed by atoms with Crippen LogP contribution in [0.15, 0.2) is 12.1 Å². The standard InChI is InChI=1S/C8H3ClF4N2/c9-7-14-4-2-1-3(10)5(6(4)15-7)8(11,12)13/h1-2H,(H,14,15). The summed E-state index contributed by atoms with van der Waals surface area (Å²) in [4.78, 5) is 5.78. The molecule has 0 amide bonds. The topological polar surface area (TPSA) is 28.7 Å². The SMILES string of the molecule is Fc1ccc2[nH]c(Cl)nc2c1C(F)(F)F. The molecule has 1 aromatic heterocycles. The monoisotopic (exact) mass is 238 g/mol. The normalized spacial score (nSPS) is 12.3. The van der Waals surface area contributed by atoms with E-state index in [1.165, 1.54) is 0 Å². The molecule has 1 aromatic carbocycles. The maximum atomic E-state index is 13.0. The summed E-state index contributed by atoms with van der Waals surface area (Å²) in [6.07, 6.45) is -4.79. The van der Waals surface area contributed by atoms with E-state index in [4.69, 9.17) is 11.6 Å². The van der Waals surface area contributed by atoms with Crippen molar-refractivity contribution in [2.75, 3.05) is 0 Å². The second-order valence-electron chi connectivity index (χ2n) is 2.84. The van der Waals surface area contributed by atoms with Crippen molar-refractivity contribution < 1.29 is 17.6 Å². The molecule has 0 aliphatic heterocycles. The summed E-state index contributed by atoms with van der Waals surface area (Å²) in [5.74, 6) is -1.36. The molecule has 1 heterocycles. The zero-order valence-electron chi connectivity index (χ0n) is 6.99. The third-order valence-corrected chi connectivity index (χ3v) is 2.04. The molecule has 0 atom stereocenters. The van der Waals surface area contributed by atoms with E-state index in [9.17, 15) is 17.6 Å². The maximum Gasteiger partial charge on any atom is 0.421 e. The van der Waals surface area contributed by atoms with Crippen molar-refractivity contribution in [3.05, 3.63) is 28.8 Å². The van der Waals surface area contributed by atoms with Gasteiger partial charge in [0, 0.05) is 0 Å². The van der Waals surface area contributed by atoms with Gasteiger partial charge in [-0.1, -0.05) is 0 Å². The number of H-pyrrole nitrogens is 1. The molecule has 0 aliphatic carbocycles. The number of fused-ring (bicyclic) bond motifs is 1. The van der Waals surface area contributed by atoms with Gasteiger partial charge >= 0.3 is 6.18 Å². The van der Waals surface area contributed by atoms with Crippen molar-refractivity contribution in [1.82, 2.24) is 9.97 Å². The Balaban J connectivity index is 2.85. The van der Waals surface area contributed by atoms with Crippen LogP contribution in [0.4, 0.5) is 17.6 Å². The Kier molecular flexibility index (Phi) is 2.11. The van der Waals surface area contributed by atoms with Crippen LogP contribution in [0.2, 0.25) is 5.28 Å². The molecule has 0 bridgehead atoms. The van der Waals surface area contributed by atoms with Crippen molar-refractivity contribution in [1.29, 1.82) is 0 Å². The van der Waals surface area contributed by atoms with Gasteiger partial charge in [-0.3, -0.25) is 0 Å². The number of halogens is 5. The van der Waals surface area contributed by atoms with E-state index in [0.717, 1.165) is 12.1 Å². The van der Waals surface area contributed by atoms with E-state index >= 15 is 0 Å². The van der Waals surface area contributed by atoms with E-state index in [0.29, 0.717) is 0 Å². The second kappa shape index (κ2) is 3.10. The van der Waals surface area contributed by atoms with Crippen LogP contribution in [-0.2, 0) is 6.18 Å². The van der Waals surface area contributed by atoms with Gasteiger partial charge in [-0.2, -0.15) is 13.2 Å². The number of nitrogens with one attached hydrogen (secondary N) is 1. The number of benzene rings is 1. The van der Waals surface area contributed by atoms with Crippen LogP contribution in [0.25, 0.3) is 11.0 Å². The molecule has 2 aromatic rings. The molecule has 1 N–H and O–H groups in total. The maximum absolute atomic E-state index is 13.0. The molecule has 80 valence electrons. The number of aromatic nitrogens is 2. The van der Waals surface area contributed by atoms with E-state index < -0.39 is 23.1 Å². The average Bonchev–Trinajstić information content (AvgIpc) is 2.41. The van der Waals surface area contributed by atoms with Crippen molar-refractivity contribution in [2.24, 2.45) is 0 Å². The van der Waals surface area contributed by atoms with E-state index in [-0.39, 0.29) is 10.8 Å². The lowest BCUT2D eigenvalue weighted by Gasteiger charge is -2.07. The minimum absolute atomic E-state index is 0.0497.